The van der Waals surface area contributed by atoms with Gasteiger partial charge in [0.05, 0.1) is 0 Å². The summed E-state index contributed by atoms with van der Waals surface area (Å²) in [5.41, 5.74) is 0.673. The first kappa shape index (κ1) is 18.3. The Morgan fingerprint density at radius 1 is 1.11 bits per heavy atom. The van der Waals surface area contributed by atoms with Gasteiger partial charge in [-0.15, -0.1) is 0 Å². The van der Waals surface area contributed by atoms with Crippen molar-refractivity contribution in [2.24, 2.45) is 5.92 Å². The second-order valence-electron chi connectivity index (χ2n) is 7.41. The van der Waals surface area contributed by atoms with Crippen molar-refractivity contribution in [1.82, 2.24) is 10.2 Å². The van der Waals surface area contributed by atoms with Crippen LogP contribution in [0.1, 0.15) is 47.6 Å². The first-order valence-electron chi connectivity index (χ1n) is 9.45. The highest BCUT2D eigenvalue weighted by Gasteiger charge is 2.40. The van der Waals surface area contributed by atoms with Crippen LogP contribution in [0.5, 0.6) is 0 Å². The topological polar surface area (TPSA) is 62.6 Å². The molecule has 1 aromatic heterocycles. The van der Waals surface area contributed by atoms with Crippen LogP contribution < -0.4 is 5.32 Å². The molecule has 142 valence electrons. The Kier molecular flexibility index (Phi) is 5.10. The third-order valence-electron chi connectivity index (χ3n) is 5.74. The SMILES string of the molecule is CC(=O)c1ccc(Sc2ccc(C(=O)NC3C4CCN(CC4)C3C)cc2)o1. The van der Waals surface area contributed by atoms with Crippen molar-refractivity contribution in [3.8, 4) is 0 Å². The third kappa shape index (κ3) is 3.82. The van der Waals surface area contributed by atoms with Crippen LogP contribution in [0.15, 0.2) is 50.8 Å². The highest BCUT2D eigenvalue weighted by atomic mass is 32.2. The highest BCUT2D eigenvalue weighted by Crippen LogP contribution is 2.33. The number of hydrogen-bond donors (Lipinski definition) is 1. The molecule has 27 heavy (non-hydrogen) atoms. The van der Waals surface area contributed by atoms with Crippen LogP contribution in [-0.2, 0) is 0 Å². The molecule has 2 unspecified atom stereocenters. The van der Waals surface area contributed by atoms with Crippen molar-refractivity contribution in [3.63, 3.8) is 0 Å². The maximum Gasteiger partial charge on any atom is 0.251 e. The zero-order chi connectivity index (χ0) is 19.0. The van der Waals surface area contributed by atoms with E-state index < -0.39 is 0 Å². The number of fused-ring (bicyclic) bond motifs is 3. The largest absolute Gasteiger partial charge is 0.446 e. The van der Waals surface area contributed by atoms with E-state index in [9.17, 15) is 9.59 Å². The molecule has 1 aromatic carbocycles. The third-order valence-corrected chi connectivity index (χ3v) is 6.67. The van der Waals surface area contributed by atoms with Crippen molar-refractivity contribution < 1.29 is 14.0 Å². The number of hydrogen-bond acceptors (Lipinski definition) is 5. The average molecular weight is 385 g/mol. The lowest BCUT2D eigenvalue weighted by atomic mass is 9.79. The maximum absolute atomic E-state index is 12.7. The number of nitrogens with zero attached hydrogens (tertiary/aromatic N) is 1. The van der Waals surface area contributed by atoms with Crippen molar-refractivity contribution >= 4 is 23.5 Å². The normalized spacial score (nSPS) is 26.7. The molecule has 3 aliphatic rings. The first-order chi connectivity index (χ1) is 13.0. The summed E-state index contributed by atoms with van der Waals surface area (Å²) in [6.07, 6.45) is 2.35. The molecule has 0 saturated carbocycles. The smallest absolute Gasteiger partial charge is 0.251 e. The lowest BCUT2D eigenvalue weighted by Gasteiger charge is -2.49. The van der Waals surface area contributed by atoms with E-state index in [0.29, 0.717) is 28.4 Å². The molecule has 4 heterocycles. The first-order valence-corrected chi connectivity index (χ1v) is 10.3. The molecule has 0 aliphatic carbocycles. The van der Waals surface area contributed by atoms with Crippen LogP contribution in [0, 0.1) is 5.92 Å². The number of amides is 1. The zero-order valence-corrected chi connectivity index (χ0v) is 16.4. The number of nitrogens with one attached hydrogen (secondary N) is 1. The molecule has 3 aliphatic heterocycles. The number of carbonyl (C=O) groups excluding carboxylic acids is 2. The van der Waals surface area contributed by atoms with Gasteiger partial charge in [0.1, 0.15) is 0 Å². The molecule has 5 nitrogen and oxygen atoms in total. The van der Waals surface area contributed by atoms with Gasteiger partial charge in [-0.3, -0.25) is 14.5 Å². The minimum Gasteiger partial charge on any atom is -0.446 e. The summed E-state index contributed by atoms with van der Waals surface area (Å²) in [4.78, 5) is 27.4. The predicted octanol–water partition coefficient (Wildman–Crippen LogP) is 3.85. The van der Waals surface area contributed by atoms with Crippen molar-refractivity contribution in [1.29, 1.82) is 0 Å². The Hall–Kier alpha value is -2.05. The van der Waals surface area contributed by atoms with Crippen molar-refractivity contribution in [2.45, 2.75) is 48.8 Å². The molecule has 2 aromatic rings. The molecule has 3 saturated heterocycles. The summed E-state index contributed by atoms with van der Waals surface area (Å²) < 4.78 is 5.50. The number of piperidine rings is 3. The number of rotatable bonds is 5. The van der Waals surface area contributed by atoms with Crippen LogP contribution in [-0.4, -0.2) is 41.8 Å². The van der Waals surface area contributed by atoms with Crippen LogP contribution in [0.25, 0.3) is 0 Å². The van der Waals surface area contributed by atoms with E-state index in [4.69, 9.17) is 4.42 Å². The van der Waals surface area contributed by atoms with Gasteiger partial charge in [-0.25, -0.2) is 0 Å². The van der Waals surface area contributed by atoms with Gasteiger partial charge < -0.3 is 9.73 Å². The molecule has 1 amide bonds. The van der Waals surface area contributed by atoms with E-state index in [-0.39, 0.29) is 17.7 Å². The minimum atomic E-state index is -0.0872. The molecule has 3 fully saturated rings. The van der Waals surface area contributed by atoms with Gasteiger partial charge in [0.25, 0.3) is 5.91 Å². The number of benzene rings is 1. The van der Waals surface area contributed by atoms with Gasteiger partial charge >= 0.3 is 0 Å². The van der Waals surface area contributed by atoms with Crippen LogP contribution in [0.2, 0.25) is 0 Å². The van der Waals surface area contributed by atoms with Gasteiger partial charge in [-0.2, -0.15) is 0 Å². The lowest BCUT2D eigenvalue weighted by Crippen LogP contribution is -2.62. The number of carbonyl (C=O) groups is 2. The summed E-state index contributed by atoms with van der Waals surface area (Å²) in [6.45, 7) is 6.01. The Labute approximate surface area is 163 Å². The molecule has 0 radical (unpaired) electrons. The Bertz CT molecular complexity index is 835. The van der Waals surface area contributed by atoms with E-state index in [0.717, 1.165) is 18.0 Å². The number of ketones is 1. The minimum absolute atomic E-state index is 0.00554. The van der Waals surface area contributed by atoms with E-state index in [1.54, 1.807) is 12.1 Å². The molecule has 5 rings (SSSR count). The van der Waals surface area contributed by atoms with E-state index in [1.807, 2.05) is 24.3 Å². The van der Waals surface area contributed by atoms with Crippen LogP contribution >= 0.6 is 11.8 Å². The molecule has 2 bridgehead atoms. The summed E-state index contributed by atoms with van der Waals surface area (Å²) in [5, 5.41) is 3.92. The molecule has 0 spiro atoms. The number of Topliss-reactive ketones (excluding diaryl/α,β-unsaturated/α-hetero) is 1. The second kappa shape index (κ2) is 7.52. The van der Waals surface area contributed by atoms with Gasteiger partial charge in [0.2, 0.25) is 0 Å². The number of furan rings is 1. The second-order valence-corrected chi connectivity index (χ2v) is 8.49. The van der Waals surface area contributed by atoms with E-state index in [1.165, 1.54) is 31.5 Å². The quantitative estimate of drug-likeness (QED) is 0.794. The summed E-state index contributed by atoms with van der Waals surface area (Å²) in [6, 6.07) is 11.6. The fourth-order valence-electron chi connectivity index (χ4n) is 4.13. The summed E-state index contributed by atoms with van der Waals surface area (Å²) >= 11 is 1.43. The van der Waals surface area contributed by atoms with Crippen LogP contribution in [0.3, 0.4) is 0 Å². The van der Waals surface area contributed by atoms with Gasteiger partial charge in [-0.1, -0.05) is 11.8 Å². The van der Waals surface area contributed by atoms with E-state index in [2.05, 4.69) is 17.1 Å². The van der Waals surface area contributed by atoms with Crippen molar-refractivity contribution in [2.75, 3.05) is 13.1 Å². The Morgan fingerprint density at radius 2 is 1.81 bits per heavy atom. The summed E-state index contributed by atoms with van der Waals surface area (Å²) in [5.74, 6) is 0.864. The standard InChI is InChI=1S/C21H24N2O3S/c1-13-20(15-9-11-23(13)12-10-15)22-21(25)16-3-5-17(6-4-16)27-19-8-7-18(26-19)14(2)24/h3-8,13,15,20H,9-12H2,1-2H3,(H,22,25). The van der Waals surface area contributed by atoms with E-state index >= 15 is 0 Å². The maximum atomic E-state index is 12.7. The molecule has 2 atom stereocenters. The molecule has 6 heteroatoms. The monoisotopic (exact) mass is 384 g/mol. The fraction of sp³-hybridized carbons (Fsp3) is 0.429. The zero-order valence-electron chi connectivity index (χ0n) is 15.6. The fourth-order valence-corrected chi connectivity index (χ4v) is 4.91. The van der Waals surface area contributed by atoms with Gasteiger partial charge in [0, 0.05) is 29.5 Å². The molecular formula is C21H24N2O3S. The Morgan fingerprint density at radius 3 is 2.41 bits per heavy atom. The van der Waals surface area contributed by atoms with Crippen molar-refractivity contribution in [3.05, 3.63) is 47.7 Å². The van der Waals surface area contributed by atoms with Gasteiger partial charge in [0.15, 0.2) is 16.6 Å². The molecule has 1 N–H and O–H groups in total. The summed E-state index contributed by atoms with van der Waals surface area (Å²) in [7, 11) is 0. The lowest BCUT2D eigenvalue weighted by molar-refractivity contribution is 0.0217. The predicted molar refractivity (Wildman–Crippen MR) is 104 cm³/mol. The average Bonchev–Trinajstić information content (AvgIpc) is 3.14. The Balaban J connectivity index is 1.39. The highest BCUT2D eigenvalue weighted by molar-refractivity contribution is 7.99. The molecular weight excluding hydrogens is 360 g/mol. The van der Waals surface area contributed by atoms with Gasteiger partial charge in [-0.05, 0) is 75.2 Å². The van der Waals surface area contributed by atoms with Crippen LogP contribution in [0.4, 0.5) is 0 Å².